The molecule has 1 heterocycles. The summed E-state index contributed by atoms with van der Waals surface area (Å²) in [5.41, 5.74) is 9.25. The van der Waals surface area contributed by atoms with Gasteiger partial charge in [0.1, 0.15) is 0 Å². The molecule has 4 N–H and O–H groups in total. The highest BCUT2D eigenvalue weighted by atomic mass is 16.1. The number of rotatable bonds is 5. The fourth-order valence-corrected chi connectivity index (χ4v) is 2.42. The zero-order valence-corrected chi connectivity index (χ0v) is 11.6. The van der Waals surface area contributed by atoms with Crippen LogP contribution in [0.15, 0.2) is 54.7 Å². The monoisotopic (exact) mass is 279 g/mol. The van der Waals surface area contributed by atoms with Crippen LogP contribution in [-0.2, 0) is 13.1 Å². The van der Waals surface area contributed by atoms with Gasteiger partial charge in [0.25, 0.3) is 0 Å². The summed E-state index contributed by atoms with van der Waals surface area (Å²) in [5.74, 6) is -0.402. The Morgan fingerprint density at radius 3 is 2.67 bits per heavy atom. The molecular formula is C17H17N3O. The normalized spacial score (nSPS) is 10.9. The number of benzene rings is 2. The largest absolute Gasteiger partial charge is 0.366 e. The molecule has 106 valence electrons. The molecule has 21 heavy (non-hydrogen) atoms. The summed E-state index contributed by atoms with van der Waals surface area (Å²) in [6.07, 6.45) is 1.97. The summed E-state index contributed by atoms with van der Waals surface area (Å²) < 4.78 is 0. The van der Waals surface area contributed by atoms with Gasteiger partial charge in [-0.15, -0.1) is 0 Å². The molecular weight excluding hydrogens is 262 g/mol. The zero-order chi connectivity index (χ0) is 14.7. The highest BCUT2D eigenvalue weighted by Gasteiger charge is 2.07. The number of carbonyl (C=O) groups excluding carboxylic acids is 1. The molecule has 4 heteroatoms. The Labute approximate surface area is 123 Å². The third-order valence-corrected chi connectivity index (χ3v) is 3.54. The molecule has 0 spiro atoms. The molecule has 0 radical (unpaired) electrons. The maximum absolute atomic E-state index is 11.3. The van der Waals surface area contributed by atoms with Gasteiger partial charge in [0.15, 0.2) is 0 Å². The van der Waals surface area contributed by atoms with E-state index < -0.39 is 5.91 Å². The lowest BCUT2D eigenvalue weighted by molar-refractivity contribution is 0.100. The molecule has 1 amide bonds. The molecule has 0 aliphatic rings. The Morgan fingerprint density at radius 2 is 1.90 bits per heavy atom. The molecule has 0 fully saturated rings. The van der Waals surface area contributed by atoms with Gasteiger partial charge in [-0.05, 0) is 29.3 Å². The lowest BCUT2D eigenvalue weighted by Crippen LogP contribution is -2.12. The number of aromatic nitrogens is 1. The van der Waals surface area contributed by atoms with E-state index in [2.05, 4.69) is 22.4 Å². The fraction of sp³-hybridized carbons (Fsp3) is 0.118. The van der Waals surface area contributed by atoms with Gasteiger partial charge in [-0.1, -0.05) is 30.3 Å². The molecule has 0 aliphatic heterocycles. The van der Waals surface area contributed by atoms with Gasteiger partial charge in [-0.2, -0.15) is 0 Å². The summed E-state index contributed by atoms with van der Waals surface area (Å²) >= 11 is 0. The lowest BCUT2D eigenvalue weighted by atomic mass is 10.1. The zero-order valence-electron chi connectivity index (χ0n) is 11.6. The molecule has 3 rings (SSSR count). The van der Waals surface area contributed by atoms with Gasteiger partial charge in [0.2, 0.25) is 5.91 Å². The van der Waals surface area contributed by atoms with E-state index in [-0.39, 0.29) is 0 Å². The number of fused-ring (bicyclic) bond motifs is 1. The number of aromatic amines is 1. The third kappa shape index (κ3) is 2.95. The second-order valence-corrected chi connectivity index (χ2v) is 5.03. The number of amides is 1. The van der Waals surface area contributed by atoms with Crippen LogP contribution in [0.1, 0.15) is 21.5 Å². The predicted octanol–water partition coefficient (Wildman–Crippen LogP) is 2.56. The molecule has 0 unspecified atom stereocenters. The second kappa shape index (κ2) is 5.81. The van der Waals surface area contributed by atoms with Crippen molar-refractivity contribution in [3.8, 4) is 0 Å². The first-order chi connectivity index (χ1) is 10.2. The molecule has 0 aliphatic carbocycles. The summed E-state index contributed by atoms with van der Waals surface area (Å²) in [4.78, 5) is 14.5. The van der Waals surface area contributed by atoms with E-state index in [0.717, 1.165) is 29.6 Å². The van der Waals surface area contributed by atoms with Crippen LogP contribution < -0.4 is 11.1 Å². The van der Waals surface area contributed by atoms with E-state index in [4.69, 9.17) is 5.73 Å². The van der Waals surface area contributed by atoms with Crippen molar-refractivity contribution in [2.75, 3.05) is 0 Å². The quantitative estimate of drug-likeness (QED) is 0.671. The van der Waals surface area contributed by atoms with E-state index in [0.29, 0.717) is 5.56 Å². The van der Waals surface area contributed by atoms with Crippen molar-refractivity contribution in [1.82, 2.24) is 10.3 Å². The molecule has 0 saturated heterocycles. The highest BCUT2D eigenvalue weighted by molar-refractivity contribution is 5.97. The smallest absolute Gasteiger partial charge is 0.248 e. The van der Waals surface area contributed by atoms with Gasteiger partial charge in [-0.3, -0.25) is 4.79 Å². The van der Waals surface area contributed by atoms with Gasteiger partial charge >= 0.3 is 0 Å². The van der Waals surface area contributed by atoms with Crippen LogP contribution in [-0.4, -0.2) is 10.9 Å². The Kier molecular flexibility index (Phi) is 3.71. The first-order valence-electron chi connectivity index (χ1n) is 6.88. The van der Waals surface area contributed by atoms with Crippen LogP contribution in [0.4, 0.5) is 0 Å². The van der Waals surface area contributed by atoms with Crippen molar-refractivity contribution in [2.45, 2.75) is 13.1 Å². The van der Waals surface area contributed by atoms with Gasteiger partial charge in [0.05, 0.1) is 0 Å². The number of nitrogens with two attached hydrogens (primary N) is 1. The van der Waals surface area contributed by atoms with Crippen molar-refractivity contribution in [2.24, 2.45) is 5.73 Å². The molecule has 4 nitrogen and oxygen atoms in total. The van der Waals surface area contributed by atoms with Crippen LogP contribution in [0.5, 0.6) is 0 Å². The second-order valence-electron chi connectivity index (χ2n) is 5.03. The standard InChI is InChI=1S/C17H17N3O/c18-17(21)13-6-7-16-15(8-13)14(11-20-16)10-19-9-12-4-2-1-3-5-12/h1-8,11,19-20H,9-10H2,(H2,18,21). The van der Waals surface area contributed by atoms with E-state index in [1.165, 1.54) is 5.56 Å². The van der Waals surface area contributed by atoms with Crippen molar-refractivity contribution in [1.29, 1.82) is 0 Å². The number of carbonyl (C=O) groups is 1. The van der Waals surface area contributed by atoms with Crippen molar-refractivity contribution in [3.05, 3.63) is 71.4 Å². The highest BCUT2D eigenvalue weighted by Crippen LogP contribution is 2.19. The predicted molar refractivity (Wildman–Crippen MR) is 83.8 cm³/mol. The van der Waals surface area contributed by atoms with Crippen LogP contribution in [0.3, 0.4) is 0 Å². The summed E-state index contributed by atoms with van der Waals surface area (Å²) in [5, 5.41) is 4.44. The summed E-state index contributed by atoms with van der Waals surface area (Å²) in [6.45, 7) is 1.54. The molecule has 0 atom stereocenters. The Hall–Kier alpha value is -2.59. The molecule has 3 aromatic rings. The van der Waals surface area contributed by atoms with E-state index >= 15 is 0 Å². The number of primary amides is 1. The lowest BCUT2D eigenvalue weighted by Gasteiger charge is -2.04. The Balaban J connectivity index is 1.74. The average Bonchev–Trinajstić information content (AvgIpc) is 2.91. The fourth-order valence-electron chi connectivity index (χ4n) is 2.42. The summed E-state index contributed by atoms with van der Waals surface area (Å²) in [7, 11) is 0. The van der Waals surface area contributed by atoms with E-state index in [1.807, 2.05) is 36.5 Å². The molecule has 0 bridgehead atoms. The van der Waals surface area contributed by atoms with E-state index in [1.54, 1.807) is 6.07 Å². The summed E-state index contributed by atoms with van der Waals surface area (Å²) in [6, 6.07) is 15.7. The van der Waals surface area contributed by atoms with E-state index in [9.17, 15) is 4.79 Å². The number of nitrogens with one attached hydrogen (secondary N) is 2. The van der Waals surface area contributed by atoms with Crippen LogP contribution >= 0.6 is 0 Å². The minimum Gasteiger partial charge on any atom is -0.366 e. The number of hydrogen-bond donors (Lipinski definition) is 3. The van der Waals surface area contributed by atoms with Gasteiger partial charge < -0.3 is 16.0 Å². The van der Waals surface area contributed by atoms with Crippen molar-refractivity contribution >= 4 is 16.8 Å². The molecule has 1 aromatic heterocycles. The average molecular weight is 279 g/mol. The minimum atomic E-state index is -0.402. The third-order valence-electron chi connectivity index (χ3n) is 3.54. The van der Waals surface area contributed by atoms with Gasteiger partial charge in [0, 0.05) is 35.8 Å². The minimum absolute atomic E-state index is 0.402. The topological polar surface area (TPSA) is 70.9 Å². The first-order valence-corrected chi connectivity index (χ1v) is 6.88. The molecule has 2 aromatic carbocycles. The number of hydrogen-bond acceptors (Lipinski definition) is 2. The van der Waals surface area contributed by atoms with Crippen LogP contribution in [0.2, 0.25) is 0 Å². The maximum atomic E-state index is 11.3. The first kappa shape index (κ1) is 13.4. The van der Waals surface area contributed by atoms with Gasteiger partial charge in [-0.25, -0.2) is 0 Å². The van der Waals surface area contributed by atoms with Crippen molar-refractivity contribution in [3.63, 3.8) is 0 Å². The SMILES string of the molecule is NC(=O)c1ccc2[nH]cc(CNCc3ccccc3)c2c1. The Bertz CT molecular complexity index is 762. The maximum Gasteiger partial charge on any atom is 0.248 e. The number of H-pyrrole nitrogens is 1. The van der Waals surface area contributed by atoms with Crippen LogP contribution in [0, 0.1) is 0 Å². The Morgan fingerprint density at radius 1 is 1.10 bits per heavy atom. The van der Waals surface area contributed by atoms with Crippen LogP contribution in [0.25, 0.3) is 10.9 Å². The molecule has 0 saturated carbocycles. The van der Waals surface area contributed by atoms with Crippen molar-refractivity contribution < 1.29 is 4.79 Å².